The summed E-state index contributed by atoms with van der Waals surface area (Å²) in [5.74, 6) is 1.41. The lowest BCUT2D eigenvalue weighted by molar-refractivity contribution is 0.0931. The molecule has 0 aliphatic heterocycles. The molecule has 1 atom stereocenters. The maximum atomic E-state index is 12.8. The molecule has 0 bridgehead atoms. The van der Waals surface area contributed by atoms with Crippen LogP contribution in [0.1, 0.15) is 70.0 Å². The summed E-state index contributed by atoms with van der Waals surface area (Å²) in [6.07, 6.45) is 3.88. The van der Waals surface area contributed by atoms with E-state index in [1.54, 1.807) is 12.3 Å². The van der Waals surface area contributed by atoms with Crippen LogP contribution in [0.15, 0.2) is 34.2 Å². The normalized spacial score (nSPS) is 15.9. The zero-order chi connectivity index (χ0) is 22.2. The van der Waals surface area contributed by atoms with Crippen LogP contribution in [0.4, 0.5) is 5.95 Å². The molecular formula is C23H26N4O3S. The number of aryl methyl sites for hydroxylation is 2. The van der Waals surface area contributed by atoms with E-state index >= 15 is 0 Å². The maximum Gasteiger partial charge on any atom is 0.268 e. The van der Waals surface area contributed by atoms with Crippen LogP contribution in [0.25, 0.3) is 0 Å². The van der Waals surface area contributed by atoms with E-state index in [9.17, 15) is 9.59 Å². The third kappa shape index (κ3) is 4.69. The van der Waals surface area contributed by atoms with Gasteiger partial charge in [0.1, 0.15) is 11.5 Å². The van der Waals surface area contributed by atoms with Gasteiger partial charge in [-0.1, -0.05) is 26.8 Å². The molecule has 1 aliphatic rings. The minimum absolute atomic E-state index is 0.00236. The molecule has 1 unspecified atom stereocenters. The van der Waals surface area contributed by atoms with E-state index in [1.165, 1.54) is 11.3 Å². The summed E-state index contributed by atoms with van der Waals surface area (Å²) in [7, 11) is 0. The van der Waals surface area contributed by atoms with Gasteiger partial charge in [-0.15, -0.1) is 11.3 Å². The molecule has 3 heterocycles. The Morgan fingerprint density at radius 3 is 2.74 bits per heavy atom. The van der Waals surface area contributed by atoms with Gasteiger partial charge in [0.15, 0.2) is 0 Å². The van der Waals surface area contributed by atoms with E-state index in [2.05, 4.69) is 41.4 Å². The maximum absolute atomic E-state index is 12.8. The fourth-order valence-corrected chi connectivity index (χ4v) is 4.22. The van der Waals surface area contributed by atoms with Crippen molar-refractivity contribution in [3.8, 4) is 0 Å². The van der Waals surface area contributed by atoms with Crippen molar-refractivity contribution in [2.45, 2.75) is 58.4 Å². The highest BCUT2D eigenvalue weighted by atomic mass is 32.1. The molecule has 162 valence electrons. The topological polar surface area (TPSA) is 97.1 Å². The molecule has 0 saturated heterocycles. The van der Waals surface area contributed by atoms with Crippen molar-refractivity contribution < 1.29 is 14.0 Å². The predicted molar refractivity (Wildman–Crippen MR) is 120 cm³/mol. The fraction of sp³-hybridized carbons (Fsp3) is 0.391. The van der Waals surface area contributed by atoms with Gasteiger partial charge in [0.05, 0.1) is 10.4 Å². The Bertz CT molecular complexity index is 1110. The van der Waals surface area contributed by atoms with Crippen LogP contribution in [0, 0.1) is 6.92 Å². The van der Waals surface area contributed by atoms with Crippen molar-refractivity contribution in [1.29, 1.82) is 0 Å². The molecule has 2 amide bonds. The molecule has 8 heteroatoms. The number of thiophene rings is 1. The molecule has 1 aliphatic carbocycles. The number of carbonyl (C=O) groups excluding carboxylic acids is 2. The van der Waals surface area contributed by atoms with Gasteiger partial charge in [0.25, 0.3) is 11.8 Å². The summed E-state index contributed by atoms with van der Waals surface area (Å²) in [6, 6.07) is 5.43. The second kappa shape index (κ2) is 8.26. The summed E-state index contributed by atoms with van der Waals surface area (Å²) in [5, 5.41) is 7.73. The highest BCUT2D eigenvalue weighted by Gasteiger charge is 2.26. The average Bonchev–Trinajstić information content (AvgIpc) is 3.37. The Morgan fingerprint density at radius 1 is 1.26 bits per heavy atom. The minimum Gasteiger partial charge on any atom is -0.465 e. The summed E-state index contributed by atoms with van der Waals surface area (Å²) < 4.78 is 5.80. The first-order valence-corrected chi connectivity index (χ1v) is 11.2. The number of hydrogen-bond donors (Lipinski definition) is 2. The molecule has 0 radical (unpaired) electrons. The number of amides is 2. The van der Waals surface area contributed by atoms with Crippen LogP contribution >= 0.6 is 11.3 Å². The van der Waals surface area contributed by atoms with Crippen LogP contribution < -0.4 is 10.6 Å². The van der Waals surface area contributed by atoms with Crippen LogP contribution in [-0.4, -0.2) is 27.8 Å². The van der Waals surface area contributed by atoms with Gasteiger partial charge in [-0.3, -0.25) is 14.9 Å². The Labute approximate surface area is 185 Å². The Balaban J connectivity index is 1.41. The van der Waals surface area contributed by atoms with E-state index in [0.717, 1.165) is 23.4 Å². The number of rotatable bonds is 4. The van der Waals surface area contributed by atoms with Gasteiger partial charge >= 0.3 is 0 Å². The molecule has 0 saturated carbocycles. The molecule has 0 fully saturated rings. The lowest BCUT2D eigenvalue weighted by Gasteiger charge is -2.24. The Hall–Kier alpha value is -3.00. The molecule has 2 N–H and O–H groups in total. The lowest BCUT2D eigenvalue weighted by atomic mass is 9.92. The summed E-state index contributed by atoms with van der Waals surface area (Å²) in [4.78, 5) is 34.5. The summed E-state index contributed by atoms with van der Waals surface area (Å²) in [6.45, 7) is 7.99. The van der Waals surface area contributed by atoms with Crippen molar-refractivity contribution in [3.63, 3.8) is 0 Å². The van der Waals surface area contributed by atoms with Crippen LogP contribution in [-0.2, 0) is 18.3 Å². The van der Waals surface area contributed by atoms with Gasteiger partial charge in [0.2, 0.25) is 5.95 Å². The zero-order valence-corrected chi connectivity index (χ0v) is 18.9. The monoisotopic (exact) mass is 438 g/mol. The number of fused-ring (bicyclic) bond motifs is 1. The highest BCUT2D eigenvalue weighted by molar-refractivity contribution is 7.12. The quantitative estimate of drug-likeness (QED) is 0.634. The van der Waals surface area contributed by atoms with Crippen LogP contribution in [0.5, 0.6) is 0 Å². The van der Waals surface area contributed by atoms with Gasteiger partial charge in [0, 0.05) is 23.3 Å². The first-order valence-electron chi connectivity index (χ1n) is 10.3. The third-order valence-electron chi connectivity index (χ3n) is 5.36. The largest absolute Gasteiger partial charge is 0.465 e. The van der Waals surface area contributed by atoms with E-state index in [-0.39, 0.29) is 23.3 Å². The first kappa shape index (κ1) is 21.2. The standard InChI is InChI=1S/C23H26N4O3S/c1-13-16(11-19(30-13)23(2,3)4)20(28)25-15-7-8-17-14(10-15)12-24-22(26-17)27-21(29)18-6-5-9-31-18/h5-6,9,11-12,15H,7-8,10H2,1-4H3,(H,25,28)(H,24,26,27,29). The predicted octanol–water partition coefficient (Wildman–Crippen LogP) is 4.28. The minimum atomic E-state index is -0.207. The van der Waals surface area contributed by atoms with Crippen molar-refractivity contribution in [2.75, 3.05) is 5.32 Å². The molecule has 3 aromatic heterocycles. The Morgan fingerprint density at radius 2 is 2.06 bits per heavy atom. The Kier molecular flexibility index (Phi) is 5.66. The second-order valence-electron chi connectivity index (χ2n) is 8.84. The van der Waals surface area contributed by atoms with Crippen molar-refractivity contribution >= 4 is 29.1 Å². The smallest absolute Gasteiger partial charge is 0.268 e. The SMILES string of the molecule is Cc1oc(C(C)(C)C)cc1C(=O)NC1CCc2nc(NC(=O)c3cccs3)ncc2C1. The van der Waals surface area contributed by atoms with E-state index in [4.69, 9.17) is 4.42 Å². The van der Waals surface area contributed by atoms with Gasteiger partial charge < -0.3 is 9.73 Å². The van der Waals surface area contributed by atoms with Crippen molar-refractivity contribution in [3.05, 3.63) is 63.0 Å². The number of hydrogen-bond acceptors (Lipinski definition) is 6. The highest BCUT2D eigenvalue weighted by Crippen LogP contribution is 2.27. The van der Waals surface area contributed by atoms with Gasteiger partial charge in [-0.05, 0) is 49.3 Å². The van der Waals surface area contributed by atoms with E-state index in [1.807, 2.05) is 24.4 Å². The third-order valence-corrected chi connectivity index (χ3v) is 6.23. The summed E-state index contributed by atoms with van der Waals surface area (Å²) in [5.41, 5.74) is 2.33. The van der Waals surface area contributed by atoms with Crippen molar-refractivity contribution in [2.24, 2.45) is 0 Å². The number of carbonyl (C=O) groups is 2. The molecule has 0 aromatic carbocycles. The summed E-state index contributed by atoms with van der Waals surface area (Å²) >= 11 is 1.37. The second-order valence-corrected chi connectivity index (χ2v) is 9.79. The number of furan rings is 1. The molecule has 4 rings (SSSR count). The van der Waals surface area contributed by atoms with Gasteiger partial charge in [-0.2, -0.15) is 0 Å². The number of aromatic nitrogens is 2. The number of nitrogens with zero attached hydrogens (tertiary/aromatic N) is 2. The van der Waals surface area contributed by atoms with Crippen LogP contribution in [0.2, 0.25) is 0 Å². The number of anilines is 1. The average molecular weight is 439 g/mol. The van der Waals surface area contributed by atoms with E-state index in [0.29, 0.717) is 35.0 Å². The molecule has 31 heavy (non-hydrogen) atoms. The molecule has 0 spiro atoms. The zero-order valence-electron chi connectivity index (χ0n) is 18.1. The molecule has 7 nitrogen and oxygen atoms in total. The van der Waals surface area contributed by atoms with Crippen LogP contribution in [0.3, 0.4) is 0 Å². The lowest BCUT2D eigenvalue weighted by Crippen LogP contribution is -2.39. The number of nitrogens with one attached hydrogen (secondary N) is 2. The van der Waals surface area contributed by atoms with E-state index < -0.39 is 0 Å². The molecular weight excluding hydrogens is 412 g/mol. The van der Waals surface area contributed by atoms with Gasteiger partial charge in [-0.25, -0.2) is 9.97 Å². The first-order chi connectivity index (χ1) is 14.7. The van der Waals surface area contributed by atoms with Crippen molar-refractivity contribution in [1.82, 2.24) is 15.3 Å². The fourth-order valence-electron chi connectivity index (χ4n) is 3.60. The molecule has 3 aromatic rings.